The molecule has 1 unspecified atom stereocenters. The number of hydrogen-bond donors (Lipinski definition) is 1. The summed E-state index contributed by atoms with van der Waals surface area (Å²) in [4.78, 5) is 0. The third kappa shape index (κ3) is 3.07. The average Bonchev–Trinajstić information content (AvgIpc) is 2.33. The molecular formula is C17H20BrN. The fourth-order valence-electron chi connectivity index (χ4n) is 2.81. The zero-order chi connectivity index (χ0) is 14.0. The van der Waals surface area contributed by atoms with Gasteiger partial charge in [-0.15, -0.1) is 0 Å². The van der Waals surface area contributed by atoms with Gasteiger partial charge in [0, 0.05) is 4.47 Å². The van der Waals surface area contributed by atoms with E-state index in [1.807, 2.05) is 7.05 Å². The third-order valence-electron chi connectivity index (χ3n) is 3.50. The van der Waals surface area contributed by atoms with E-state index in [-0.39, 0.29) is 6.04 Å². The smallest absolute Gasteiger partial charge is 0.0579 e. The molecule has 0 spiro atoms. The average molecular weight is 318 g/mol. The zero-order valence-electron chi connectivity index (χ0n) is 11.9. The summed E-state index contributed by atoms with van der Waals surface area (Å²) in [6, 6.07) is 13.2. The van der Waals surface area contributed by atoms with Crippen LogP contribution in [0, 0.1) is 20.8 Å². The molecule has 0 aliphatic heterocycles. The summed E-state index contributed by atoms with van der Waals surface area (Å²) < 4.78 is 1.12. The van der Waals surface area contributed by atoms with Crippen LogP contribution in [0.25, 0.3) is 0 Å². The van der Waals surface area contributed by atoms with Crippen LogP contribution in [0.3, 0.4) is 0 Å². The standard InChI is InChI=1S/C17H20BrN/c1-11-8-12(2)16(13(3)9-11)17(19-4)14-6-5-7-15(18)10-14/h5-10,17,19H,1-4H3. The highest BCUT2D eigenvalue weighted by Crippen LogP contribution is 2.29. The van der Waals surface area contributed by atoms with Gasteiger partial charge >= 0.3 is 0 Å². The predicted molar refractivity (Wildman–Crippen MR) is 85.7 cm³/mol. The van der Waals surface area contributed by atoms with E-state index in [9.17, 15) is 0 Å². The van der Waals surface area contributed by atoms with Gasteiger partial charge in [0.05, 0.1) is 6.04 Å². The van der Waals surface area contributed by atoms with Gasteiger partial charge in [0.25, 0.3) is 0 Å². The molecule has 0 fully saturated rings. The van der Waals surface area contributed by atoms with E-state index in [4.69, 9.17) is 0 Å². The van der Waals surface area contributed by atoms with Crippen molar-refractivity contribution < 1.29 is 0 Å². The van der Waals surface area contributed by atoms with Crippen molar-refractivity contribution in [3.8, 4) is 0 Å². The molecule has 0 aliphatic rings. The fourth-order valence-corrected chi connectivity index (χ4v) is 3.23. The molecule has 2 aromatic rings. The molecule has 1 N–H and O–H groups in total. The summed E-state index contributed by atoms with van der Waals surface area (Å²) in [6.45, 7) is 6.53. The van der Waals surface area contributed by atoms with Crippen LogP contribution in [0.2, 0.25) is 0 Å². The Morgan fingerprint density at radius 2 is 1.63 bits per heavy atom. The van der Waals surface area contributed by atoms with Gasteiger partial charge in [0.2, 0.25) is 0 Å². The normalized spacial score (nSPS) is 12.5. The third-order valence-corrected chi connectivity index (χ3v) is 3.99. The Morgan fingerprint density at radius 1 is 1.00 bits per heavy atom. The molecule has 0 heterocycles. The molecule has 1 atom stereocenters. The van der Waals surface area contributed by atoms with Crippen LogP contribution in [-0.2, 0) is 0 Å². The van der Waals surface area contributed by atoms with Crippen LogP contribution in [0.1, 0.15) is 33.9 Å². The van der Waals surface area contributed by atoms with E-state index in [1.165, 1.54) is 27.8 Å². The highest BCUT2D eigenvalue weighted by Gasteiger charge is 2.17. The SMILES string of the molecule is CNC(c1cccc(Br)c1)c1c(C)cc(C)cc1C. The van der Waals surface area contributed by atoms with Gasteiger partial charge < -0.3 is 5.32 Å². The lowest BCUT2D eigenvalue weighted by molar-refractivity contribution is 0.682. The van der Waals surface area contributed by atoms with Crippen LogP contribution in [0.5, 0.6) is 0 Å². The van der Waals surface area contributed by atoms with Crippen molar-refractivity contribution in [1.82, 2.24) is 5.32 Å². The Labute approximate surface area is 124 Å². The second kappa shape index (κ2) is 5.89. The monoisotopic (exact) mass is 317 g/mol. The van der Waals surface area contributed by atoms with Crippen molar-refractivity contribution in [3.63, 3.8) is 0 Å². The summed E-state index contributed by atoms with van der Waals surface area (Å²) >= 11 is 3.55. The van der Waals surface area contributed by atoms with Crippen LogP contribution in [0.4, 0.5) is 0 Å². The van der Waals surface area contributed by atoms with E-state index in [0.29, 0.717) is 0 Å². The lowest BCUT2D eigenvalue weighted by Gasteiger charge is -2.22. The largest absolute Gasteiger partial charge is 0.309 e. The second-order valence-electron chi connectivity index (χ2n) is 5.09. The minimum Gasteiger partial charge on any atom is -0.309 e. The van der Waals surface area contributed by atoms with Crippen LogP contribution >= 0.6 is 15.9 Å². The van der Waals surface area contributed by atoms with E-state index in [1.54, 1.807) is 0 Å². The maximum atomic E-state index is 3.55. The number of halogens is 1. The highest BCUT2D eigenvalue weighted by atomic mass is 79.9. The van der Waals surface area contributed by atoms with Gasteiger partial charge in [-0.05, 0) is 62.2 Å². The lowest BCUT2D eigenvalue weighted by Crippen LogP contribution is -2.20. The van der Waals surface area contributed by atoms with Gasteiger partial charge in [0.15, 0.2) is 0 Å². The molecule has 2 aromatic carbocycles. The lowest BCUT2D eigenvalue weighted by atomic mass is 9.90. The molecular weight excluding hydrogens is 298 g/mol. The Morgan fingerprint density at radius 3 is 2.16 bits per heavy atom. The first-order valence-electron chi connectivity index (χ1n) is 6.53. The quantitative estimate of drug-likeness (QED) is 0.866. The van der Waals surface area contributed by atoms with Crippen LogP contribution in [0.15, 0.2) is 40.9 Å². The molecule has 19 heavy (non-hydrogen) atoms. The number of nitrogens with one attached hydrogen (secondary N) is 1. The minimum absolute atomic E-state index is 0.234. The first-order chi connectivity index (χ1) is 9.02. The topological polar surface area (TPSA) is 12.0 Å². The zero-order valence-corrected chi connectivity index (χ0v) is 13.5. The Kier molecular flexibility index (Phi) is 4.43. The highest BCUT2D eigenvalue weighted by molar-refractivity contribution is 9.10. The molecule has 0 saturated carbocycles. The molecule has 0 amide bonds. The van der Waals surface area contributed by atoms with E-state index in [0.717, 1.165) is 4.47 Å². The van der Waals surface area contributed by atoms with E-state index in [2.05, 4.69) is 78.4 Å². The molecule has 0 aliphatic carbocycles. The van der Waals surface area contributed by atoms with Crippen molar-refractivity contribution >= 4 is 15.9 Å². The van der Waals surface area contributed by atoms with Crippen molar-refractivity contribution in [2.24, 2.45) is 0 Å². The van der Waals surface area contributed by atoms with Gasteiger partial charge in [-0.1, -0.05) is 45.8 Å². The number of aryl methyl sites for hydroxylation is 3. The summed E-state index contributed by atoms with van der Waals surface area (Å²) in [7, 11) is 2.02. The number of rotatable bonds is 3. The van der Waals surface area contributed by atoms with E-state index >= 15 is 0 Å². The van der Waals surface area contributed by atoms with Crippen molar-refractivity contribution in [2.75, 3.05) is 7.05 Å². The molecule has 1 nitrogen and oxygen atoms in total. The maximum absolute atomic E-state index is 3.55. The summed E-state index contributed by atoms with van der Waals surface area (Å²) in [5, 5.41) is 3.44. The molecule has 100 valence electrons. The first-order valence-corrected chi connectivity index (χ1v) is 7.32. The number of hydrogen-bond acceptors (Lipinski definition) is 1. The van der Waals surface area contributed by atoms with Gasteiger partial charge in [-0.3, -0.25) is 0 Å². The van der Waals surface area contributed by atoms with Gasteiger partial charge in [-0.25, -0.2) is 0 Å². The molecule has 0 saturated heterocycles. The van der Waals surface area contributed by atoms with Crippen LogP contribution < -0.4 is 5.32 Å². The Bertz CT molecular complexity index is 567. The van der Waals surface area contributed by atoms with E-state index < -0.39 is 0 Å². The molecule has 0 bridgehead atoms. The number of benzene rings is 2. The Balaban J connectivity index is 2.54. The molecule has 2 rings (SSSR count). The Hall–Kier alpha value is -1.12. The maximum Gasteiger partial charge on any atom is 0.0579 e. The predicted octanol–water partition coefficient (Wildman–Crippen LogP) is 4.68. The molecule has 0 aromatic heterocycles. The second-order valence-corrected chi connectivity index (χ2v) is 6.00. The summed E-state index contributed by atoms with van der Waals surface area (Å²) in [6.07, 6.45) is 0. The van der Waals surface area contributed by atoms with Gasteiger partial charge in [0.1, 0.15) is 0 Å². The van der Waals surface area contributed by atoms with Crippen molar-refractivity contribution in [3.05, 3.63) is 68.7 Å². The summed E-state index contributed by atoms with van der Waals surface area (Å²) in [5.74, 6) is 0. The fraction of sp³-hybridized carbons (Fsp3) is 0.294. The van der Waals surface area contributed by atoms with Crippen molar-refractivity contribution in [2.45, 2.75) is 26.8 Å². The van der Waals surface area contributed by atoms with Crippen LogP contribution in [-0.4, -0.2) is 7.05 Å². The molecule has 0 radical (unpaired) electrons. The van der Waals surface area contributed by atoms with Gasteiger partial charge in [-0.2, -0.15) is 0 Å². The minimum atomic E-state index is 0.234. The van der Waals surface area contributed by atoms with Crippen molar-refractivity contribution in [1.29, 1.82) is 0 Å². The first kappa shape index (κ1) is 14.3. The molecule has 2 heteroatoms. The summed E-state index contributed by atoms with van der Waals surface area (Å²) in [5.41, 5.74) is 6.68.